The summed E-state index contributed by atoms with van der Waals surface area (Å²) in [7, 11) is 0. The summed E-state index contributed by atoms with van der Waals surface area (Å²) in [5.41, 5.74) is -0.489. The van der Waals surface area contributed by atoms with Crippen LogP contribution in [0, 0.1) is 0 Å². The zero-order chi connectivity index (χ0) is 19.6. The fourth-order valence-corrected chi connectivity index (χ4v) is 2.87. The Morgan fingerprint density at radius 3 is 2.23 bits per heavy atom. The van der Waals surface area contributed by atoms with Crippen molar-refractivity contribution in [3.05, 3.63) is 0 Å². The fraction of sp³-hybridized carbons (Fsp3) is 0.833. The number of nitrogens with zero attached hydrogens (tertiary/aromatic N) is 1. The number of hydrogen-bond acceptors (Lipinski definition) is 4. The number of alkyl carbamates (subject to hydrolysis) is 1. The zero-order valence-corrected chi connectivity index (χ0v) is 16.2. The van der Waals surface area contributed by atoms with Crippen molar-refractivity contribution in [3.8, 4) is 0 Å². The topological polar surface area (TPSA) is 108 Å². The molecule has 1 fully saturated rings. The molecule has 0 saturated carbocycles. The highest BCUT2D eigenvalue weighted by Crippen LogP contribution is 2.17. The molecule has 0 aromatic carbocycles. The highest BCUT2D eigenvalue weighted by Gasteiger charge is 2.31. The van der Waals surface area contributed by atoms with E-state index in [2.05, 4.69) is 10.6 Å². The first kappa shape index (κ1) is 22.1. The minimum atomic E-state index is -1.03. The van der Waals surface area contributed by atoms with E-state index in [0.717, 1.165) is 38.5 Å². The van der Waals surface area contributed by atoms with Gasteiger partial charge < -0.3 is 20.5 Å². The molecule has 0 aromatic rings. The lowest BCUT2D eigenvalue weighted by molar-refractivity contribution is -0.126. The van der Waals surface area contributed by atoms with Crippen LogP contribution in [0.2, 0.25) is 0 Å². The van der Waals surface area contributed by atoms with E-state index in [1.165, 1.54) is 4.90 Å². The Hall–Kier alpha value is -1.99. The number of piperidine rings is 1. The average molecular weight is 371 g/mol. The van der Waals surface area contributed by atoms with Gasteiger partial charge in [-0.25, -0.2) is 9.59 Å². The van der Waals surface area contributed by atoms with Crippen LogP contribution in [-0.4, -0.2) is 59.4 Å². The molecule has 0 spiro atoms. The van der Waals surface area contributed by atoms with Crippen molar-refractivity contribution in [2.75, 3.05) is 19.6 Å². The van der Waals surface area contributed by atoms with Gasteiger partial charge in [0.1, 0.15) is 11.6 Å². The Kier molecular flexibility index (Phi) is 9.23. The van der Waals surface area contributed by atoms with E-state index in [1.807, 2.05) is 20.8 Å². The number of hydrogen-bond donors (Lipinski definition) is 3. The first-order valence-electron chi connectivity index (χ1n) is 9.45. The first-order chi connectivity index (χ1) is 12.2. The average Bonchev–Trinajstić information content (AvgIpc) is 2.55. The second kappa shape index (κ2) is 10.9. The van der Waals surface area contributed by atoms with Crippen molar-refractivity contribution in [1.82, 2.24) is 15.5 Å². The fourth-order valence-electron chi connectivity index (χ4n) is 2.87. The molecule has 3 N–H and O–H groups in total. The Morgan fingerprint density at radius 2 is 1.65 bits per heavy atom. The lowest BCUT2D eigenvalue weighted by Gasteiger charge is -2.32. The Balaban J connectivity index is 2.07. The molecular weight excluding hydrogens is 338 g/mol. The van der Waals surface area contributed by atoms with Crippen molar-refractivity contribution in [2.24, 2.45) is 0 Å². The second-order valence-electron chi connectivity index (χ2n) is 7.62. The maximum absolute atomic E-state index is 12.2. The third kappa shape index (κ3) is 8.92. The SMILES string of the molecule is CC(C)(C)OC(=O)NCCCCCCNC(=O)[C@@H]1CCCCN1C(=O)O. The minimum Gasteiger partial charge on any atom is -0.465 e. The van der Waals surface area contributed by atoms with E-state index in [1.54, 1.807) is 0 Å². The summed E-state index contributed by atoms with van der Waals surface area (Å²) in [5.74, 6) is -0.196. The standard InChI is InChI=1S/C18H33N3O5/c1-18(2,3)26-16(23)20-12-8-5-4-7-11-19-15(22)14-10-6-9-13-21(14)17(24)25/h14H,4-13H2,1-3H3,(H,19,22)(H,20,23)(H,24,25)/t14-/m0/s1. The summed E-state index contributed by atoms with van der Waals surface area (Å²) in [6.45, 7) is 7.01. The van der Waals surface area contributed by atoms with E-state index in [0.29, 0.717) is 26.1 Å². The summed E-state index contributed by atoms with van der Waals surface area (Å²) in [6, 6.07) is -0.556. The second-order valence-corrected chi connectivity index (χ2v) is 7.62. The molecule has 1 saturated heterocycles. The van der Waals surface area contributed by atoms with E-state index in [-0.39, 0.29) is 5.91 Å². The Labute approximate surface area is 155 Å². The van der Waals surface area contributed by atoms with E-state index < -0.39 is 23.8 Å². The molecule has 8 nitrogen and oxygen atoms in total. The van der Waals surface area contributed by atoms with Crippen LogP contribution < -0.4 is 10.6 Å². The van der Waals surface area contributed by atoms with Gasteiger partial charge in [-0.3, -0.25) is 9.69 Å². The van der Waals surface area contributed by atoms with Crippen LogP contribution in [0.1, 0.15) is 65.7 Å². The number of ether oxygens (including phenoxy) is 1. The Bertz CT molecular complexity index is 476. The van der Waals surface area contributed by atoms with Crippen LogP contribution >= 0.6 is 0 Å². The van der Waals surface area contributed by atoms with Crippen molar-refractivity contribution >= 4 is 18.1 Å². The number of unbranched alkanes of at least 4 members (excludes halogenated alkanes) is 3. The molecule has 1 aliphatic rings. The summed E-state index contributed by atoms with van der Waals surface area (Å²) >= 11 is 0. The van der Waals surface area contributed by atoms with Crippen LogP contribution in [-0.2, 0) is 9.53 Å². The van der Waals surface area contributed by atoms with Crippen molar-refractivity contribution in [3.63, 3.8) is 0 Å². The van der Waals surface area contributed by atoms with Gasteiger partial charge in [-0.2, -0.15) is 0 Å². The van der Waals surface area contributed by atoms with Gasteiger partial charge in [-0.15, -0.1) is 0 Å². The maximum Gasteiger partial charge on any atom is 0.407 e. The van der Waals surface area contributed by atoms with E-state index >= 15 is 0 Å². The van der Waals surface area contributed by atoms with Crippen molar-refractivity contribution in [2.45, 2.75) is 77.4 Å². The van der Waals surface area contributed by atoms with Gasteiger partial charge in [0.15, 0.2) is 0 Å². The predicted molar refractivity (Wildman–Crippen MR) is 98.1 cm³/mol. The zero-order valence-electron chi connectivity index (χ0n) is 16.2. The van der Waals surface area contributed by atoms with Gasteiger partial charge >= 0.3 is 12.2 Å². The lowest BCUT2D eigenvalue weighted by Crippen LogP contribution is -2.51. The summed E-state index contributed by atoms with van der Waals surface area (Å²) in [4.78, 5) is 36.0. The molecule has 26 heavy (non-hydrogen) atoms. The van der Waals surface area contributed by atoms with Crippen molar-refractivity contribution < 1.29 is 24.2 Å². The van der Waals surface area contributed by atoms with E-state index in [9.17, 15) is 14.4 Å². The normalized spacial score (nSPS) is 17.5. The number of carboxylic acid groups (broad SMARTS) is 1. The summed E-state index contributed by atoms with van der Waals surface area (Å²) in [6.07, 6.45) is 4.41. The molecule has 0 radical (unpaired) electrons. The monoisotopic (exact) mass is 371 g/mol. The van der Waals surface area contributed by atoms with Gasteiger partial charge in [0, 0.05) is 19.6 Å². The van der Waals surface area contributed by atoms with Crippen LogP contribution in [0.3, 0.4) is 0 Å². The number of carbonyl (C=O) groups excluding carboxylic acids is 2. The number of likely N-dealkylation sites (tertiary alicyclic amines) is 1. The van der Waals surface area contributed by atoms with Crippen LogP contribution in [0.5, 0.6) is 0 Å². The van der Waals surface area contributed by atoms with Gasteiger partial charge in [-0.1, -0.05) is 12.8 Å². The van der Waals surface area contributed by atoms with Crippen molar-refractivity contribution in [1.29, 1.82) is 0 Å². The molecule has 1 atom stereocenters. The largest absolute Gasteiger partial charge is 0.465 e. The quantitative estimate of drug-likeness (QED) is 0.569. The molecule has 8 heteroatoms. The summed E-state index contributed by atoms with van der Waals surface area (Å²) < 4.78 is 5.15. The highest BCUT2D eigenvalue weighted by molar-refractivity contribution is 5.85. The number of carbonyl (C=O) groups is 3. The highest BCUT2D eigenvalue weighted by atomic mass is 16.6. The van der Waals surface area contributed by atoms with Crippen LogP contribution in [0.15, 0.2) is 0 Å². The first-order valence-corrected chi connectivity index (χ1v) is 9.45. The molecular formula is C18H33N3O5. The van der Waals surface area contributed by atoms with Gasteiger partial charge in [0.25, 0.3) is 0 Å². The van der Waals surface area contributed by atoms with Crippen LogP contribution in [0.25, 0.3) is 0 Å². The molecule has 1 rings (SSSR count). The van der Waals surface area contributed by atoms with Gasteiger partial charge in [-0.05, 0) is 52.9 Å². The van der Waals surface area contributed by atoms with Gasteiger partial charge in [0.2, 0.25) is 5.91 Å². The van der Waals surface area contributed by atoms with E-state index in [4.69, 9.17) is 9.84 Å². The maximum atomic E-state index is 12.2. The number of amides is 3. The Morgan fingerprint density at radius 1 is 1.04 bits per heavy atom. The van der Waals surface area contributed by atoms with Crippen LogP contribution in [0.4, 0.5) is 9.59 Å². The molecule has 0 aromatic heterocycles. The van der Waals surface area contributed by atoms with Gasteiger partial charge in [0.05, 0.1) is 0 Å². The minimum absolute atomic E-state index is 0.196. The molecule has 3 amide bonds. The number of rotatable bonds is 8. The summed E-state index contributed by atoms with van der Waals surface area (Å²) in [5, 5.41) is 14.7. The third-order valence-electron chi connectivity index (χ3n) is 4.12. The smallest absolute Gasteiger partial charge is 0.407 e. The molecule has 150 valence electrons. The molecule has 0 aliphatic carbocycles. The third-order valence-corrected chi connectivity index (χ3v) is 4.12. The lowest BCUT2D eigenvalue weighted by atomic mass is 10.0. The predicted octanol–water partition coefficient (Wildman–Crippen LogP) is 2.72. The molecule has 1 heterocycles. The molecule has 1 aliphatic heterocycles. The number of nitrogens with one attached hydrogen (secondary N) is 2. The molecule has 0 bridgehead atoms. The molecule has 0 unspecified atom stereocenters.